The van der Waals surface area contributed by atoms with E-state index in [1.54, 1.807) is 12.1 Å². The van der Waals surface area contributed by atoms with Crippen molar-refractivity contribution < 1.29 is 4.39 Å². The first-order valence-electron chi connectivity index (χ1n) is 5.70. The van der Waals surface area contributed by atoms with Crippen LogP contribution in [0.15, 0.2) is 23.2 Å². The van der Waals surface area contributed by atoms with E-state index in [1.165, 1.54) is 6.07 Å². The number of hydrogen-bond acceptors (Lipinski definition) is 3. The number of nitrogens with zero attached hydrogens (tertiary/aromatic N) is 2. The molecule has 17 heavy (non-hydrogen) atoms. The molecule has 1 atom stereocenters. The van der Waals surface area contributed by atoms with Gasteiger partial charge in [0, 0.05) is 16.6 Å². The van der Waals surface area contributed by atoms with Crippen LogP contribution in [0, 0.1) is 5.82 Å². The number of halogens is 2. The first kappa shape index (κ1) is 10.8. The molecule has 2 aliphatic rings. The maximum absolute atomic E-state index is 13.8. The van der Waals surface area contributed by atoms with Crippen LogP contribution in [-0.2, 0) is 0 Å². The van der Waals surface area contributed by atoms with Crippen molar-refractivity contribution in [3.05, 3.63) is 34.6 Å². The normalized spacial score (nSPS) is 24.0. The maximum Gasteiger partial charge on any atom is 0.192 e. The smallest absolute Gasteiger partial charge is 0.192 e. The van der Waals surface area contributed by atoms with E-state index in [9.17, 15) is 4.39 Å². The van der Waals surface area contributed by atoms with Gasteiger partial charge in [-0.3, -0.25) is 4.99 Å². The summed E-state index contributed by atoms with van der Waals surface area (Å²) in [6.45, 7) is 0.513. The molecule has 0 bridgehead atoms. The van der Waals surface area contributed by atoms with Gasteiger partial charge in [0.05, 0.1) is 12.6 Å². The Labute approximate surface area is 104 Å². The fraction of sp³-hybridized carbons (Fsp3) is 0.417. The SMILES string of the molecule is NC1=NCC(c2cc(Cl)ccc2F)N1C1CC1. The Hall–Kier alpha value is -1.29. The average molecular weight is 254 g/mol. The fourth-order valence-electron chi connectivity index (χ4n) is 2.32. The minimum absolute atomic E-state index is 0.0961. The Balaban J connectivity index is 1.96. The molecule has 0 radical (unpaired) electrons. The third kappa shape index (κ3) is 1.86. The Morgan fingerprint density at radius 1 is 1.41 bits per heavy atom. The minimum Gasteiger partial charge on any atom is -0.370 e. The van der Waals surface area contributed by atoms with Crippen molar-refractivity contribution in [3.8, 4) is 0 Å². The van der Waals surface area contributed by atoms with Crippen molar-refractivity contribution in [3.63, 3.8) is 0 Å². The van der Waals surface area contributed by atoms with E-state index in [0.29, 0.717) is 29.1 Å². The third-order valence-electron chi connectivity index (χ3n) is 3.28. The van der Waals surface area contributed by atoms with Crippen molar-refractivity contribution >= 4 is 17.6 Å². The quantitative estimate of drug-likeness (QED) is 0.879. The summed E-state index contributed by atoms with van der Waals surface area (Å²) in [5.41, 5.74) is 6.45. The fourth-order valence-corrected chi connectivity index (χ4v) is 2.50. The van der Waals surface area contributed by atoms with Gasteiger partial charge in [0.15, 0.2) is 5.96 Å². The van der Waals surface area contributed by atoms with Gasteiger partial charge >= 0.3 is 0 Å². The summed E-state index contributed by atoms with van der Waals surface area (Å²) in [5, 5.41) is 0.544. The number of benzene rings is 1. The number of aliphatic imine (C=N–C) groups is 1. The third-order valence-corrected chi connectivity index (χ3v) is 3.52. The summed E-state index contributed by atoms with van der Waals surface area (Å²) in [7, 11) is 0. The zero-order chi connectivity index (χ0) is 12.0. The monoisotopic (exact) mass is 253 g/mol. The molecule has 1 fully saturated rings. The van der Waals surface area contributed by atoms with E-state index >= 15 is 0 Å². The molecule has 1 aromatic carbocycles. The van der Waals surface area contributed by atoms with Crippen LogP contribution >= 0.6 is 11.6 Å². The lowest BCUT2D eigenvalue weighted by Crippen LogP contribution is -2.38. The van der Waals surface area contributed by atoms with Crippen molar-refractivity contribution in [1.82, 2.24) is 4.90 Å². The standard InChI is InChI=1S/C12H13ClFN3/c13-7-1-4-10(14)9(5-7)11-6-16-12(15)17(11)8-2-3-8/h1,4-5,8,11H,2-3,6H2,(H2,15,16). The van der Waals surface area contributed by atoms with Gasteiger partial charge < -0.3 is 10.6 Å². The maximum atomic E-state index is 13.8. The summed E-state index contributed by atoms with van der Waals surface area (Å²) in [5.74, 6) is 0.284. The molecular weight excluding hydrogens is 241 g/mol. The molecule has 90 valence electrons. The predicted octanol–water partition coefficient (Wildman–Crippen LogP) is 2.31. The van der Waals surface area contributed by atoms with E-state index < -0.39 is 0 Å². The molecule has 1 aliphatic carbocycles. The van der Waals surface area contributed by atoms with E-state index in [2.05, 4.69) is 4.99 Å². The van der Waals surface area contributed by atoms with Gasteiger partial charge in [0.2, 0.25) is 0 Å². The number of hydrogen-bond donors (Lipinski definition) is 1. The van der Waals surface area contributed by atoms with E-state index in [0.717, 1.165) is 12.8 Å². The Morgan fingerprint density at radius 2 is 2.18 bits per heavy atom. The van der Waals surface area contributed by atoms with Gasteiger partial charge in [0.1, 0.15) is 5.82 Å². The molecule has 1 heterocycles. The van der Waals surface area contributed by atoms with Crippen LogP contribution in [0.3, 0.4) is 0 Å². The zero-order valence-corrected chi connectivity index (χ0v) is 9.99. The molecule has 0 aromatic heterocycles. The van der Waals surface area contributed by atoms with Gasteiger partial charge in [-0.05, 0) is 31.0 Å². The van der Waals surface area contributed by atoms with Gasteiger partial charge in [-0.15, -0.1) is 0 Å². The number of guanidine groups is 1. The Morgan fingerprint density at radius 3 is 2.88 bits per heavy atom. The van der Waals surface area contributed by atoms with Crippen molar-refractivity contribution in [2.45, 2.75) is 24.9 Å². The second-order valence-corrected chi connectivity index (χ2v) is 4.96. The van der Waals surface area contributed by atoms with E-state index in [4.69, 9.17) is 17.3 Å². The van der Waals surface area contributed by atoms with Gasteiger partial charge in [0.25, 0.3) is 0 Å². The Kier molecular flexibility index (Phi) is 2.47. The van der Waals surface area contributed by atoms with Crippen LogP contribution in [0.4, 0.5) is 4.39 Å². The Bertz CT molecular complexity index is 485. The van der Waals surface area contributed by atoms with Crippen LogP contribution in [0.2, 0.25) is 5.02 Å². The van der Waals surface area contributed by atoms with Crippen molar-refractivity contribution in [2.24, 2.45) is 10.7 Å². The minimum atomic E-state index is -0.241. The highest BCUT2D eigenvalue weighted by Gasteiger charge is 2.39. The number of nitrogens with two attached hydrogens (primary N) is 1. The molecule has 0 saturated heterocycles. The molecule has 1 aliphatic heterocycles. The summed E-state index contributed by atoms with van der Waals surface area (Å²) < 4.78 is 13.8. The van der Waals surface area contributed by atoms with Crippen LogP contribution in [0.25, 0.3) is 0 Å². The molecule has 0 amide bonds. The molecule has 1 saturated carbocycles. The van der Waals surface area contributed by atoms with Crippen molar-refractivity contribution in [1.29, 1.82) is 0 Å². The molecule has 1 unspecified atom stereocenters. The summed E-state index contributed by atoms with van der Waals surface area (Å²) in [4.78, 5) is 6.24. The predicted molar refractivity (Wildman–Crippen MR) is 65.5 cm³/mol. The molecule has 2 N–H and O–H groups in total. The lowest BCUT2D eigenvalue weighted by molar-refractivity contribution is 0.329. The van der Waals surface area contributed by atoms with Crippen molar-refractivity contribution in [2.75, 3.05) is 6.54 Å². The topological polar surface area (TPSA) is 41.6 Å². The highest BCUT2D eigenvalue weighted by Crippen LogP contribution is 2.38. The molecule has 0 spiro atoms. The first-order chi connectivity index (χ1) is 8.16. The summed E-state index contributed by atoms with van der Waals surface area (Å²) in [6.07, 6.45) is 2.21. The first-order valence-corrected chi connectivity index (χ1v) is 6.08. The van der Waals surface area contributed by atoms with Crippen LogP contribution in [-0.4, -0.2) is 23.4 Å². The lowest BCUT2D eigenvalue weighted by Gasteiger charge is -2.26. The average Bonchev–Trinajstić information content (AvgIpc) is 3.06. The van der Waals surface area contributed by atoms with Gasteiger partial charge in [-0.25, -0.2) is 4.39 Å². The summed E-state index contributed by atoms with van der Waals surface area (Å²) in [6, 6.07) is 4.95. The molecule has 3 rings (SSSR count). The highest BCUT2D eigenvalue weighted by atomic mass is 35.5. The molecule has 5 heteroatoms. The van der Waals surface area contributed by atoms with E-state index in [1.807, 2.05) is 4.90 Å². The zero-order valence-electron chi connectivity index (χ0n) is 9.24. The molecule has 1 aromatic rings. The van der Waals surface area contributed by atoms with Crippen LogP contribution in [0.5, 0.6) is 0 Å². The highest BCUT2D eigenvalue weighted by molar-refractivity contribution is 6.30. The largest absolute Gasteiger partial charge is 0.370 e. The molecular formula is C12H13ClFN3. The van der Waals surface area contributed by atoms with E-state index in [-0.39, 0.29) is 11.9 Å². The second kappa shape index (κ2) is 3.88. The molecule has 3 nitrogen and oxygen atoms in total. The summed E-state index contributed by atoms with van der Waals surface area (Å²) >= 11 is 5.92. The van der Waals surface area contributed by atoms with Crippen LogP contribution < -0.4 is 5.73 Å². The number of rotatable bonds is 2. The second-order valence-electron chi connectivity index (χ2n) is 4.52. The van der Waals surface area contributed by atoms with Crippen LogP contribution in [0.1, 0.15) is 24.4 Å². The van der Waals surface area contributed by atoms with Gasteiger partial charge in [-0.1, -0.05) is 11.6 Å². The lowest BCUT2D eigenvalue weighted by atomic mass is 10.1. The van der Waals surface area contributed by atoms with Gasteiger partial charge in [-0.2, -0.15) is 0 Å².